The summed E-state index contributed by atoms with van der Waals surface area (Å²) in [5.41, 5.74) is 2.71. The molecule has 146 valence electrons. The molecule has 1 aliphatic heterocycles. The highest BCUT2D eigenvalue weighted by Crippen LogP contribution is 2.23. The maximum absolute atomic E-state index is 11.9. The van der Waals surface area contributed by atoms with Gasteiger partial charge in [0, 0.05) is 25.0 Å². The summed E-state index contributed by atoms with van der Waals surface area (Å²) in [6, 6.07) is 9.61. The van der Waals surface area contributed by atoms with Crippen LogP contribution in [0.3, 0.4) is 0 Å². The van der Waals surface area contributed by atoms with Gasteiger partial charge in [-0.2, -0.15) is 0 Å². The van der Waals surface area contributed by atoms with Gasteiger partial charge in [0.1, 0.15) is 6.54 Å². The Balaban J connectivity index is 1.37. The third-order valence-electron chi connectivity index (χ3n) is 5.55. The summed E-state index contributed by atoms with van der Waals surface area (Å²) >= 11 is 0. The van der Waals surface area contributed by atoms with E-state index in [9.17, 15) is 4.79 Å². The third kappa shape index (κ3) is 6.21. The van der Waals surface area contributed by atoms with Crippen LogP contribution in [0.1, 0.15) is 37.8 Å². The van der Waals surface area contributed by atoms with E-state index < -0.39 is 0 Å². The number of likely N-dealkylation sites (tertiary alicyclic amines) is 1. The Morgan fingerprint density at radius 2 is 1.89 bits per heavy atom. The van der Waals surface area contributed by atoms with Crippen LogP contribution >= 0.6 is 0 Å². The second-order valence-electron chi connectivity index (χ2n) is 7.93. The van der Waals surface area contributed by atoms with Crippen LogP contribution in [-0.2, 0) is 24.2 Å². The average Bonchev–Trinajstić information content (AvgIpc) is 3.16. The van der Waals surface area contributed by atoms with Gasteiger partial charge in [-0.3, -0.25) is 4.79 Å². The first kappa shape index (κ1) is 19.6. The summed E-state index contributed by atoms with van der Waals surface area (Å²) in [4.78, 5) is 18.4. The molecule has 0 atom stereocenters. The third-order valence-corrected chi connectivity index (χ3v) is 5.55. The molecule has 5 nitrogen and oxygen atoms in total. The van der Waals surface area contributed by atoms with Gasteiger partial charge in [0.25, 0.3) is 0 Å². The van der Waals surface area contributed by atoms with Crippen molar-refractivity contribution in [3.8, 4) is 0 Å². The molecule has 1 aromatic heterocycles. The first-order chi connectivity index (χ1) is 13.1. The van der Waals surface area contributed by atoms with Gasteiger partial charge in [0.15, 0.2) is 0 Å². The van der Waals surface area contributed by atoms with Crippen LogP contribution < -0.4 is 5.32 Å². The molecule has 3 rings (SSSR count). The molecule has 0 unspecified atom stereocenters. The summed E-state index contributed by atoms with van der Waals surface area (Å²) in [5.74, 6) is 0.839. The van der Waals surface area contributed by atoms with Crippen molar-refractivity contribution in [1.29, 1.82) is 0 Å². The highest BCUT2D eigenvalue weighted by atomic mass is 16.1. The quantitative estimate of drug-likeness (QED) is 0.779. The lowest BCUT2D eigenvalue weighted by atomic mass is 9.89. The van der Waals surface area contributed by atoms with E-state index in [4.69, 9.17) is 0 Å². The fourth-order valence-corrected chi connectivity index (χ4v) is 3.80. The molecule has 1 N–H and O–H groups in total. The van der Waals surface area contributed by atoms with E-state index in [1.165, 1.54) is 43.5 Å². The van der Waals surface area contributed by atoms with Crippen molar-refractivity contribution in [2.75, 3.05) is 19.6 Å². The summed E-state index contributed by atoms with van der Waals surface area (Å²) in [5, 5.41) is 2.97. The molecule has 0 aliphatic carbocycles. The Bertz CT molecular complexity index is 686. The zero-order chi connectivity index (χ0) is 19.1. The molecular formula is C22H32N4O. The molecule has 1 aliphatic rings. The standard InChI is InChI=1S/C22H32N4O/c1-18(2)26-12-8-21(9-13-26)15-20-5-3-19(4-6-20)7-10-24-22(27)16-25-14-11-23-17-25/h3-6,11,14,17-18,21H,7-10,12-13,15-16H2,1-2H3,(H,24,27). The second-order valence-corrected chi connectivity index (χ2v) is 7.93. The fourth-order valence-electron chi connectivity index (χ4n) is 3.80. The van der Waals surface area contributed by atoms with E-state index in [-0.39, 0.29) is 5.91 Å². The first-order valence-electron chi connectivity index (χ1n) is 10.1. The Morgan fingerprint density at radius 1 is 1.19 bits per heavy atom. The number of carbonyl (C=O) groups excluding carboxylic acids is 1. The van der Waals surface area contributed by atoms with Crippen LogP contribution in [0, 0.1) is 5.92 Å². The zero-order valence-electron chi connectivity index (χ0n) is 16.6. The van der Waals surface area contributed by atoms with Gasteiger partial charge in [0.05, 0.1) is 6.33 Å². The number of aromatic nitrogens is 2. The van der Waals surface area contributed by atoms with Crippen LogP contribution in [0.5, 0.6) is 0 Å². The molecule has 1 amide bonds. The predicted molar refractivity (Wildman–Crippen MR) is 109 cm³/mol. The SMILES string of the molecule is CC(C)N1CCC(Cc2ccc(CCNC(=O)Cn3ccnc3)cc2)CC1. The summed E-state index contributed by atoms with van der Waals surface area (Å²) in [6.45, 7) is 8.05. The van der Waals surface area contributed by atoms with Crippen LogP contribution in [0.4, 0.5) is 0 Å². The van der Waals surface area contributed by atoms with Crippen molar-refractivity contribution >= 4 is 5.91 Å². The molecule has 0 bridgehead atoms. The van der Waals surface area contributed by atoms with Gasteiger partial charge < -0.3 is 14.8 Å². The number of nitrogens with one attached hydrogen (secondary N) is 1. The van der Waals surface area contributed by atoms with Gasteiger partial charge in [-0.15, -0.1) is 0 Å². The van der Waals surface area contributed by atoms with Gasteiger partial charge in [0.2, 0.25) is 5.91 Å². The molecule has 5 heteroatoms. The van der Waals surface area contributed by atoms with E-state index in [2.05, 4.69) is 53.3 Å². The molecule has 1 aromatic carbocycles. The van der Waals surface area contributed by atoms with Crippen molar-refractivity contribution in [3.05, 3.63) is 54.1 Å². The van der Waals surface area contributed by atoms with Crippen LogP contribution in [0.25, 0.3) is 0 Å². The zero-order valence-corrected chi connectivity index (χ0v) is 16.6. The number of nitrogens with zero attached hydrogens (tertiary/aromatic N) is 3. The molecular weight excluding hydrogens is 336 g/mol. The second kappa shape index (κ2) is 9.70. The fraction of sp³-hybridized carbons (Fsp3) is 0.545. The van der Waals surface area contributed by atoms with E-state index in [0.29, 0.717) is 19.1 Å². The highest BCUT2D eigenvalue weighted by Gasteiger charge is 2.20. The first-order valence-corrected chi connectivity index (χ1v) is 10.1. The number of amides is 1. The largest absolute Gasteiger partial charge is 0.354 e. The highest BCUT2D eigenvalue weighted by molar-refractivity contribution is 5.75. The van der Waals surface area contributed by atoms with Gasteiger partial charge >= 0.3 is 0 Å². The smallest absolute Gasteiger partial charge is 0.239 e. The predicted octanol–water partition coefficient (Wildman–Crippen LogP) is 2.90. The van der Waals surface area contributed by atoms with Crippen molar-refractivity contribution in [2.24, 2.45) is 5.92 Å². The number of piperidine rings is 1. The van der Waals surface area contributed by atoms with Crippen molar-refractivity contribution in [3.63, 3.8) is 0 Å². The summed E-state index contributed by atoms with van der Waals surface area (Å²) in [6.07, 6.45) is 9.81. The van der Waals surface area contributed by atoms with Crippen LogP contribution in [-0.4, -0.2) is 46.0 Å². The Labute approximate surface area is 162 Å². The number of hydrogen-bond donors (Lipinski definition) is 1. The summed E-state index contributed by atoms with van der Waals surface area (Å²) < 4.78 is 1.77. The minimum Gasteiger partial charge on any atom is -0.354 e. The van der Waals surface area contributed by atoms with E-state index in [1.807, 2.05) is 0 Å². The molecule has 0 spiro atoms. The number of carbonyl (C=O) groups is 1. The number of imidazole rings is 1. The monoisotopic (exact) mass is 368 g/mol. The number of rotatable bonds is 8. The maximum atomic E-state index is 11.9. The topological polar surface area (TPSA) is 50.2 Å². The molecule has 2 heterocycles. The van der Waals surface area contributed by atoms with Crippen LogP contribution in [0.15, 0.2) is 43.0 Å². The van der Waals surface area contributed by atoms with E-state index in [0.717, 1.165) is 12.3 Å². The van der Waals surface area contributed by atoms with Gasteiger partial charge in [-0.05, 0) is 69.7 Å². The molecule has 0 radical (unpaired) electrons. The molecule has 1 saturated heterocycles. The lowest BCUT2D eigenvalue weighted by Crippen LogP contribution is -2.38. The molecule has 27 heavy (non-hydrogen) atoms. The number of benzene rings is 1. The molecule has 2 aromatic rings. The Hall–Kier alpha value is -2.14. The average molecular weight is 369 g/mol. The van der Waals surface area contributed by atoms with Crippen molar-refractivity contribution < 1.29 is 4.79 Å². The Morgan fingerprint density at radius 3 is 2.52 bits per heavy atom. The lowest BCUT2D eigenvalue weighted by Gasteiger charge is -2.34. The minimum absolute atomic E-state index is 0.0253. The minimum atomic E-state index is 0.0253. The maximum Gasteiger partial charge on any atom is 0.239 e. The Kier molecular flexibility index (Phi) is 7.04. The molecule has 0 saturated carbocycles. The van der Waals surface area contributed by atoms with E-state index >= 15 is 0 Å². The van der Waals surface area contributed by atoms with Gasteiger partial charge in [-0.25, -0.2) is 4.98 Å². The van der Waals surface area contributed by atoms with Crippen molar-refractivity contribution in [2.45, 2.75) is 52.1 Å². The lowest BCUT2D eigenvalue weighted by molar-refractivity contribution is -0.121. The normalized spacial score (nSPS) is 16.0. The number of hydrogen-bond acceptors (Lipinski definition) is 3. The van der Waals surface area contributed by atoms with Crippen molar-refractivity contribution in [1.82, 2.24) is 19.8 Å². The van der Waals surface area contributed by atoms with Gasteiger partial charge in [-0.1, -0.05) is 24.3 Å². The van der Waals surface area contributed by atoms with Crippen LogP contribution in [0.2, 0.25) is 0 Å². The molecule has 1 fully saturated rings. The summed E-state index contributed by atoms with van der Waals surface area (Å²) in [7, 11) is 0. The van der Waals surface area contributed by atoms with E-state index in [1.54, 1.807) is 23.3 Å².